The first kappa shape index (κ1) is 31.7. The molecule has 1 atom stereocenters. The van der Waals surface area contributed by atoms with Gasteiger partial charge in [-0.15, -0.1) is 24.8 Å². The minimum Gasteiger partial charge on any atom is -0.454 e. The Morgan fingerprint density at radius 2 is 1.65 bits per heavy atom. The predicted octanol–water partition coefficient (Wildman–Crippen LogP) is 7.10. The smallest absolute Gasteiger partial charge is 0.215 e. The van der Waals surface area contributed by atoms with E-state index in [2.05, 4.69) is 29.3 Å². The van der Waals surface area contributed by atoms with Crippen molar-refractivity contribution in [3.05, 3.63) is 88.7 Å². The lowest BCUT2D eigenvalue weighted by Gasteiger charge is -2.33. The fraction of sp³-hybridized carbons (Fsp3) is 0.367. The molecule has 0 saturated carbocycles. The standard InChI is InChI=1S/C30H32F3N3O2.2ClH/c1-20-4-7-23(36(19-37)30-3-2-12-34-30)15-25(20)22-10-13-35(14-11-22)18-21-5-8-24(9-6-21)38-29-17-27(32)26(31)16-28(29)33;;/h4-9,15-17,19,22,30,34H,2-3,10-14,18H2,1H3;2*1H/t30-;;/m1../s1. The highest BCUT2D eigenvalue weighted by atomic mass is 35.5. The van der Waals surface area contributed by atoms with E-state index >= 15 is 0 Å². The van der Waals surface area contributed by atoms with Crippen molar-refractivity contribution < 1.29 is 22.7 Å². The number of nitrogens with zero attached hydrogens (tertiary/aromatic N) is 2. The fourth-order valence-electron chi connectivity index (χ4n) is 5.48. The Labute approximate surface area is 245 Å². The van der Waals surface area contributed by atoms with Gasteiger partial charge in [0, 0.05) is 24.4 Å². The van der Waals surface area contributed by atoms with Crippen LogP contribution in [0, 0.1) is 24.4 Å². The van der Waals surface area contributed by atoms with Crippen LogP contribution in [-0.4, -0.2) is 37.1 Å². The van der Waals surface area contributed by atoms with E-state index in [1.165, 1.54) is 11.1 Å². The van der Waals surface area contributed by atoms with Crippen LogP contribution >= 0.6 is 24.8 Å². The van der Waals surface area contributed by atoms with E-state index in [1.807, 2.05) is 23.1 Å². The summed E-state index contributed by atoms with van der Waals surface area (Å²) in [6.07, 6.45) is 5.11. The molecule has 0 bridgehead atoms. The van der Waals surface area contributed by atoms with Gasteiger partial charge in [0.05, 0.1) is 6.17 Å². The molecule has 3 aromatic carbocycles. The second-order valence-electron chi connectivity index (χ2n) is 10.2. The minimum atomic E-state index is -1.25. The molecule has 2 aliphatic heterocycles. The molecule has 2 fully saturated rings. The SMILES string of the molecule is Cc1ccc(N(C=O)[C@@H]2CCCN2)cc1C1CCN(Cc2ccc(Oc3cc(F)c(F)cc3F)cc2)CC1.Cl.Cl. The van der Waals surface area contributed by atoms with Crippen LogP contribution in [-0.2, 0) is 11.3 Å². The molecule has 0 aromatic heterocycles. The lowest BCUT2D eigenvalue weighted by molar-refractivity contribution is -0.107. The second kappa shape index (κ2) is 14.2. The fourth-order valence-corrected chi connectivity index (χ4v) is 5.48. The first-order valence-corrected chi connectivity index (χ1v) is 13.1. The van der Waals surface area contributed by atoms with Crippen LogP contribution in [0.4, 0.5) is 18.9 Å². The van der Waals surface area contributed by atoms with E-state index in [-0.39, 0.29) is 36.7 Å². The summed E-state index contributed by atoms with van der Waals surface area (Å²) in [4.78, 5) is 16.1. The van der Waals surface area contributed by atoms with Gasteiger partial charge in [-0.25, -0.2) is 13.2 Å². The second-order valence-corrected chi connectivity index (χ2v) is 10.2. The Balaban J connectivity index is 0.00000220. The van der Waals surface area contributed by atoms with E-state index in [1.54, 1.807) is 12.1 Å². The average Bonchev–Trinajstić information content (AvgIpc) is 3.45. The van der Waals surface area contributed by atoms with Gasteiger partial charge in [-0.1, -0.05) is 18.2 Å². The zero-order valence-electron chi connectivity index (χ0n) is 22.2. The molecule has 5 rings (SSSR count). The zero-order valence-corrected chi connectivity index (χ0v) is 23.9. The Morgan fingerprint density at radius 1 is 0.950 bits per heavy atom. The summed E-state index contributed by atoms with van der Waals surface area (Å²) in [6, 6.07) is 14.8. The monoisotopic (exact) mass is 595 g/mol. The van der Waals surface area contributed by atoms with Crippen LogP contribution in [0.25, 0.3) is 0 Å². The van der Waals surface area contributed by atoms with Crippen LogP contribution in [0.2, 0.25) is 0 Å². The van der Waals surface area contributed by atoms with Crippen molar-refractivity contribution >= 4 is 36.9 Å². The van der Waals surface area contributed by atoms with E-state index < -0.39 is 17.5 Å². The first-order valence-electron chi connectivity index (χ1n) is 13.1. The van der Waals surface area contributed by atoms with Crippen LogP contribution in [0.3, 0.4) is 0 Å². The van der Waals surface area contributed by atoms with E-state index in [4.69, 9.17) is 4.74 Å². The number of nitrogens with one attached hydrogen (secondary N) is 1. The van der Waals surface area contributed by atoms with Crippen molar-refractivity contribution in [1.82, 2.24) is 10.2 Å². The summed E-state index contributed by atoms with van der Waals surface area (Å²) in [5.41, 5.74) is 4.61. The van der Waals surface area contributed by atoms with E-state index in [0.29, 0.717) is 23.8 Å². The summed E-state index contributed by atoms with van der Waals surface area (Å²) in [5.74, 6) is -2.92. The molecule has 0 spiro atoms. The number of ether oxygens (including phenoxy) is 1. The number of carbonyl (C=O) groups is 1. The lowest BCUT2D eigenvalue weighted by atomic mass is 9.86. The van der Waals surface area contributed by atoms with Crippen LogP contribution < -0.4 is 15.0 Å². The van der Waals surface area contributed by atoms with Crippen molar-refractivity contribution in [2.24, 2.45) is 0 Å². The van der Waals surface area contributed by atoms with Crippen molar-refractivity contribution in [3.63, 3.8) is 0 Å². The summed E-state index contributed by atoms with van der Waals surface area (Å²) >= 11 is 0. The molecule has 0 unspecified atom stereocenters. The lowest BCUT2D eigenvalue weighted by Crippen LogP contribution is -2.41. The largest absolute Gasteiger partial charge is 0.454 e. The highest BCUT2D eigenvalue weighted by Crippen LogP contribution is 2.34. The predicted molar refractivity (Wildman–Crippen MR) is 155 cm³/mol. The molecular formula is C30H34Cl2F3N3O2. The van der Waals surface area contributed by atoms with Crippen LogP contribution in [0.5, 0.6) is 11.5 Å². The molecule has 10 heteroatoms. The quantitative estimate of drug-likeness (QED) is 0.223. The number of carbonyl (C=O) groups excluding carboxylic acids is 1. The van der Waals surface area contributed by atoms with Crippen LogP contribution in [0.1, 0.15) is 48.3 Å². The van der Waals surface area contributed by atoms with Crippen molar-refractivity contribution in [2.75, 3.05) is 24.5 Å². The summed E-state index contributed by atoms with van der Waals surface area (Å²) in [7, 11) is 0. The summed E-state index contributed by atoms with van der Waals surface area (Å²) in [5, 5.41) is 3.41. The highest BCUT2D eigenvalue weighted by molar-refractivity contribution is 5.85. The number of hydrogen-bond acceptors (Lipinski definition) is 4. The van der Waals surface area contributed by atoms with E-state index in [9.17, 15) is 18.0 Å². The molecule has 216 valence electrons. The third-order valence-corrected chi connectivity index (χ3v) is 7.60. The summed E-state index contributed by atoms with van der Waals surface area (Å²) < 4.78 is 45.9. The van der Waals surface area contributed by atoms with Crippen LogP contribution in [0.15, 0.2) is 54.6 Å². The molecule has 2 saturated heterocycles. The molecule has 3 aromatic rings. The topological polar surface area (TPSA) is 44.8 Å². The zero-order chi connectivity index (χ0) is 26.6. The molecule has 5 nitrogen and oxygen atoms in total. The van der Waals surface area contributed by atoms with Crippen molar-refractivity contribution in [3.8, 4) is 11.5 Å². The third-order valence-electron chi connectivity index (χ3n) is 7.60. The number of anilines is 1. The number of benzene rings is 3. The number of amides is 1. The molecule has 2 heterocycles. The molecule has 1 N–H and O–H groups in total. The Kier molecular flexibility index (Phi) is 11.3. The van der Waals surface area contributed by atoms with Gasteiger partial charge in [0.25, 0.3) is 0 Å². The number of hydrogen-bond donors (Lipinski definition) is 1. The number of piperidine rings is 1. The molecule has 40 heavy (non-hydrogen) atoms. The van der Waals surface area contributed by atoms with Gasteiger partial charge in [-0.3, -0.25) is 19.9 Å². The van der Waals surface area contributed by atoms with Gasteiger partial charge in [0.15, 0.2) is 23.2 Å². The maximum absolute atomic E-state index is 13.9. The Hall–Kier alpha value is -2.78. The van der Waals surface area contributed by atoms with Crippen molar-refractivity contribution in [1.29, 1.82) is 0 Å². The molecule has 0 aliphatic carbocycles. The highest BCUT2D eigenvalue weighted by Gasteiger charge is 2.25. The maximum Gasteiger partial charge on any atom is 0.215 e. The van der Waals surface area contributed by atoms with Crippen molar-refractivity contribution in [2.45, 2.75) is 51.2 Å². The minimum absolute atomic E-state index is 0. The number of rotatable bonds is 8. The van der Waals surface area contributed by atoms with Gasteiger partial charge in [0.2, 0.25) is 6.41 Å². The van der Waals surface area contributed by atoms with Gasteiger partial charge < -0.3 is 4.74 Å². The Morgan fingerprint density at radius 3 is 2.30 bits per heavy atom. The van der Waals surface area contributed by atoms with E-state index in [0.717, 1.165) is 69.5 Å². The normalized spacial score (nSPS) is 17.6. The van der Waals surface area contributed by atoms with Gasteiger partial charge in [-0.05, 0) is 99.1 Å². The van der Waals surface area contributed by atoms with Gasteiger partial charge >= 0.3 is 0 Å². The molecule has 0 radical (unpaired) electrons. The first-order chi connectivity index (χ1) is 18.4. The van der Waals surface area contributed by atoms with Gasteiger partial charge in [-0.2, -0.15) is 0 Å². The number of likely N-dealkylation sites (tertiary alicyclic amines) is 1. The molecule has 1 amide bonds. The van der Waals surface area contributed by atoms with Gasteiger partial charge in [0.1, 0.15) is 5.75 Å². The number of aryl methyl sites for hydroxylation is 1. The maximum atomic E-state index is 13.9. The molecule has 2 aliphatic rings. The number of halogens is 5. The molecular weight excluding hydrogens is 562 g/mol. The Bertz CT molecular complexity index is 1280. The summed E-state index contributed by atoms with van der Waals surface area (Å²) in [6.45, 7) is 5.76. The third kappa shape index (κ3) is 7.29. The average molecular weight is 597 g/mol.